The van der Waals surface area contributed by atoms with Crippen molar-refractivity contribution in [3.8, 4) is 5.75 Å². The fraction of sp³-hybridized carbons (Fsp3) is 0.545. The number of hydrogen-bond acceptors (Lipinski definition) is 4. The van der Waals surface area contributed by atoms with E-state index in [0.717, 1.165) is 24.4 Å². The third-order valence-electron chi connectivity index (χ3n) is 2.87. The summed E-state index contributed by atoms with van der Waals surface area (Å²) in [7, 11) is 1.64. The predicted octanol–water partition coefficient (Wildman–Crippen LogP) is 1.38. The third kappa shape index (κ3) is 2.39. The van der Waals surface area contributed by atoms with Gasteiger partial charge in [-0.1, -0.05) is 0 Å². The summed E-state index contributed by atoms with van der Waals surface area (Å²) in [5.74, 6) is 1.65. The zero-order chi connectivity index (χ0) is 10.7. The molecule has 3 N–H and O–H groups in total. The first-order chi connectivity index (χ1) is 7.29. The van der Waals surface area contributed by atoms with Crippen LogP contribution in [0.5, 0.6) is 5.75 Å². The largest absolute Gasteiger partial charge is 0.495 e. The Balaban J connectivity index is 1.98. The standard InChI is InChI=1S/C11H17N3O/c1-15-8-5-6-11(13-7-8)14-10-4-2-3-9(10)12/h5-7,9-10H,2-4,12H2,1H3,(H,13,14). The van der Waals surface area contributed by atoms with Crippen molar-refractivity contribution < 1.29 is 4.74 Å². The van der Waals surface area contributed by atoms with Crippen molar-refractivity contribution in [3.05, 3.63) is 18.3 Å². The van der Waals surface area contributed by atoms with Crippen molar-refractivity contribution in [2.24, 2.45) is 5.73 Å². The molecule has 4 nitrogen and oxygen atoms in total. The van der Waals surface area contributed by atoms with E-state index < -0.39 is 0 Å². The van der Waals surface area contributed by atoms with Gasteiger partial charge in [-0.2, -0.15) is 0 Å². The lowest BCUT2D eigenvalue weighted by Crippen LogP contribution is -2.35. The maximum atomic E-state index is 5.97. The van der Waals surface area contributed by atoms with Crippen LogP contribution in [0.15, 0.2) is 18.3 Å². The monoisotopic (exact) mass is 207 g/mol. The van der Waals surface area contributed by atoms with E-state index in [1.54, 1.807) is 13.3 Å². The summed E-state index contributed by atoms with van der Waals surface area (Å²) in [6.45, 7) is 0. The minimum absolute atomic E-state index is 0.258. The summed E-state index contributed by atoms with van der Waals surface area (Å²) in [5, 5.41) is 3.35. The van der Waals surface area contributed by atoms with Crippen molar-refractivity contribution in [1.29, 1.82) is 0 Å². The highest BCUT2D eigenvalue weighted by Crippen LogP contribution is 2.21. The fourth-order valence-corrected chi connectivity index (χ4v) is 1.94. The van der Waals surface area contributed by atoms with E-state index in [0.29, 0.717) is 6.04 Å². The minimum Gasteiger partial charge on any atom is -0.495 e. The molecule has 0 bridgehead atoms. The number of methoxy groups -OCH3 is 1. The average molecular weight is 207 g/mol. The van der Waals surface area contributed by atoms with Gasteiger partial charge in [-0.05, 0) is 31.4 Å². The fourth-order valence-electron chi connectivity index (χ4n) is 1.94. The Bertz CT molecular complexity index is 312. The number of aromatic nitrogens is 1. The van der Waals surface area contributed by atoms with E-state index in [1.807, 2.05) is 12.1 Å². The van der Waals surface area contributed by atoms with Crippen LogP contribution in [0, 0.1) is 0 Å². The Hall–Kier alpha value is -1.29. The molecule has 1 aromatic heterocycles. The number of nitrogens with two attached hydrogens (primary N) is 1. The first-order valence-electron chi connectivity index (χ1n) is 5.32. The number of nitrogens with zero attached hydrogens (tertiary/aromatic N) is 1. The van der Waals surface area contributed by atoms with E-state index in [2.05, 4.69) is 10.3 Å². The summed E-state index contributed by atoms with van der Waals surface area (Å²) in [5.41, 5.74) is 5.97. The molecule has 2 unspecified atom stereocenters. The van der Waals surface area contributed by atoms with Gasteiger partial charge in [-0.15, -0.1) is 0 Å². The van der Waals surface area contributed by atoms with E-state index in [-0.39, 0.29) is 6.04 Å². The van der Waals surface area contributed by atoms with Crippen molar-refractivity contribution in [3.63, 3.8) is 0 Å². The lowest BCUT2D eigenvalue weighted by Gasteiger charge is -2.17. The summed E-state index contributed by atoms with van der Waals surface area (Å²) in [6, 6.07) is 4.44. The van der Waals surface area contributed by atoms with Gasteiger partial charge in [0.2, 0.25) is 0 Å². The molecule has 0 saturated heterocycles. The molecule has 0 aliphatic heterocycles. The number of rotatable bonds is 3. The van der Waals surface area contributed by atoms with Gasteiger partial charge in [-0.25, -0.2) is 4.98 Å². The molecule has 1 fully saturated rings. The van der Waals surface area contributed by atoms with E-state index in [1.165, 1.54) is 6.42 Å². The third-order valence-corrected chi connectivity index (χ3v) is 2.87. The second-order valence-corrected chi connectivity index (χ2v) is 3.93. The van der Waals surface area contributed by atoms with Crippen molar-refractivity contribution in [2.45, 2.75) is 31.3 Å². The Labute approximate surface area is 89.8 Å². The van der Waals surface area contributed by atoms with Crippen LogP contribution in [-0.4, -0.2) is 24.2 Å². The van der Waals surface area contributed by atoms with E-state index >= 15 is 0 Å². The molecule has 0 aromatic carbocycles. The van der Waals surface area contributed by atoms with Gasteiger partial charge >= 0.3 is 0 Å². The highest BCUT2D eigenvalue weighted by atomic mass is 16.5. The summed E-state index contributed by atoms with van der Waals surface area (Å²) in [6.07, 6.45) is 5.15. The topological polar surface area (TPSA) is 60.2 Å². The normalized spacial score (nSPS) is 25.2. The number of pyridine rings is 1. The average Bonchev–Trinajstić information content (AvgIpc) is 2.66. The molecular formula is C11H17N3O. The zero-order valence-electron chi connectivity index (χ0n) is 8.94. The Kier molecular flexibility index (Phi) is 3.06. The SMILES string of the molecule is COc1ccc(NC2CCCC2N)nc1. The number of ether oxygens (including phenoxy) is 1. The molecule has 4 heteroatoms. The maximum absolute atomic E-state index is 5.97. The smallest absolute Gasteiger partial charge is 0.137 e. The molecule has 2 rings (SSSR count). The zero-order valence-corrected chi connectivity index (χ0v) is 8.94. The highest BCUT2D eigenvalue weighted by molar-refractivity contribution is 5.39. The Morgan fingerprint density at radius 3 is 2.87 bits per heavy atom. The number of nitrogens with one attached hydrogen (secondary N) is 1. The van der Waals surface area contributed by atoms with Gasteiger partial charge in [0, 0.05) is 12.1 Å². The molecule has 1 aliphatic carbocycles. The predicted molar refractivity (Wildman–Crippen MR) is 60.0 cm³/mol. The Morgan fingerprint density at radius 2 is 2.33 bits per heavy atom. The van der Waals surface area contributed by atoms with Gasteiger partial charge < -0.3 is 15.8 Å². The second kappa shape index (κ2) is 4.49. The van der Waals surface area contributed by atoms with Crippen LogP contribution in [0.2, 0.25) is 0 Å². The molecule has 1 heterocycles. The van der Waals surface area contributed by atoms with Gasteiger partial charge in [0.25, 0.3) is 0 Å². The van der Waals surface area contributed by atoms with E-state index in [4.69, 9.17) is 10.5 Å². The summed E-state index contributed by atoms with van der Waals surface area (Å²) < 4.78 is 5.05. The molecule has 0 spiro atoms. The molecule has 0 radical (unpaired) electrons. The van der Waals surface area contributed by atoms with Crippen LogP contribution >= 0.6 is 0 Å². The van der Waals surface area contributed by atoms with Crippen LogP contribution in [0.4, 0.5) is 5.82 Å². The van der Waals surface area contributed by atoms with Gasteiger partial charge in [0.1, 0.15) is 11.6 Å². The van der Waals surface area contributed by atoms with Gasteiger partial charge in [0.05, 0.1) is 13.3 Å². The Morgan fingerprint density at radius 1 is 1.47 bits per heavy atom. The summed E-state index contributed by atoms with van der Waals surface area (Å²) in [4.78, 5) is 4.26. The first kappa shape index (κ1) is 10.2. The molecule has 15 heavy (non-hydrogen) atoms. The maximum Gasteiger partial charge on any atom is 0.137 e. The van der Waals surface area contributed by atoms with Gasteiger partial charge in [0.15, 0.2) is 0 Å². The lowest BCUT2D eigenvalue weighted by molar-refractivity contribution is 0.413. The number of hydrogen-bond donors (Lipinski definition) is 2. The quantitative estimate of drug-likeness (QED) is 0.786. The molecule has 2 atom stereocenters. The molecule has 1 aliphatic rings. The van der Waals surface area contributed by atoms with Crippen LogP contribution in [0.3, 0.4) is 0 Å². The molecule has 0 amide bonds. The molecule has 1 aromatic rings. The van der Waals surface area contributed by atoms with Crippen LogP contribution < -0.4 is 15.8 Å². The molecule has 1 saturated carbocycles. The lowest BCUT2D eigenvalue weighted by atomic mass is 10.2. The van der Waals surface area contributed by atoms with Crippen LogP contribution in [0.25, 0.3) is 0 Å². The van der Waals surface area contributed by atoms with Gasteiger partial charge in [-0.3, -0.25) is 0 Å². The minimum atomic E-state index is 0.258. The molecular weight excluding hydrogens is 190 g/mol. The first-order valence-corrected chi connectivity index (χ1v) is 5.32. The van der Waals surface area contributed by atoms with Crippen molar-refractivity contribution in [1.82, 2.24) is 4.98 Å². The summed E-state index contributed by atoms with van der Waals surface area (Å²) >= 11 is 0. The van der Waals surface area contributed by atoms with E-state index in [9.17, 15) is 0 Å². The van der Waals surface area contributed by atoms with Crippen LogP contribution in [-0.2, 0) is 0 Å². The second-order valence-electron chi connectivity index (χ2n) is 3.93. The molecule has 82 valence electrons. The van der Waals surface area contributed by atoms with Crippen molar-refractivity contribution >= 4 is 5.82 Å². The van der Waals surface area contributed by atoms with Crippen molar-refractivity contribution in [2.75, 3.05) is 12.4 Å². The van der Waals surface area contributed by atoms with Crippen LogP contribution in [0.1, 0.15) is 19.3 Å². The number of anilines is 1. The highest BCUT2D eigenvalue weighted by Gasteiger charge is 2.23.